The van der Waals surface area contributed by atoms with Gasteiger partial charge in [0.1, 0.15) is 0 Å². The largest absolute Gasteiger partial charge is 0.465 e. The van der Waals surface area contributed by atoms with Crippen LogP contribution in [0.2, 0.25) is 0 Å². The zero-order valence-electron chi connectivity index (χ0n) is 18.3. The molecule has 4 atom stereocenters. The molecule has 2 heterocycles. The van der Waals surface area contributed by atoms with E-state index in [9.17, 15) is 14.4 Å². The van der Waals surface area contributed by atoms with Crippen molar-refractivity contribution >= 4 is 24.0 Å². The number of aryl methyl sites for hydroxylation is 1. The molecule has 1 saturated heterocycles. The highest BCUT2D eigenvalue weighted by Gasteiger charge is 2.56. The second-order valence-corrected chi connectivity index (χ2v) is 8.78. The van der Waals surface area contributed by atoms with Crippen LogP contribution >= 0.6 is 0 Å². The van der Waals surface area contributed by atoms with E-state index in [4.69, 9.17) is 4.74 Å². The van der Waals surface area contributed by atoms with Crippen LogP contribution in [0.5, 0.6) is 0 Å². The first-order chi connectivity index (χ1) is 15.4. The van der Waals surface area contributed by atoms with Gasteiger partial charge in [-0.15, -0.1) is 0 Å². The van der Waals surface area contributed by atoms with E-state index < -0.39 is 5.97 Å². The minimum absolute atomic E-state index is 0.147. The number of imide groups is 1. The Labute approximate surface area is 186 Å². The van der Waals surface area contributed by atoms with Crippen molar-refractivity contribution in [1.29, 1.82) is 0 Å². The first kappa shape index (κ1) is 20.4. The van der Waals surface area contributed by atoms with Gasteiger partial charge in [0.15, 0.2) is 0 Å². The molecule has 3 aliphatic carbocycles. The number of benzene rings is 1. The van der Waals surface area contributed by atoms with Gasteiger partial charge in [0.05, 0.1) is 30.7 Å². The smallest absolute Gasteiger partial charge is 0.337 e. The maximum absolute atomic E-state index is 13.0. The molecule has 1 aliphatic heterocycles. The Morgan fingerprint density at radius 1 is 1.06 bits per heavy atom. The van der Waals surface area contributed by atoms with Gasteiger partial charge in [-0.05, 0) is 62.8 Å². The number of nitrogens with zero attached hydrogens (tertiary/aromatic N) is 3. The van der Waals surface area contributed by atoms with Gasteiger partial charge in [0, 0.05) is 22.6 Å². The Hall–Kier alpha value is -3.48. The van der Waals surface area contributed by atoms with Crippen LogP contribution in [0.1, 0.15) is 40.2 Å². The predicted octanol–water partition coefficient (Wildman–Crippen LogP) is 3.41. The number of hydrazone groups is 1. The van der Waals surface area contributed by atoms with Gasteiger partial charge in [-0.3, -0.25) is 9.59 Å². The molecule has 6 rings (SSSR count). The van der Waals surface area contributed by atoms with Crippen LogP contribution in [0, 0.1) is 37.5 Å². The number of hydrogen-bond donors (Lipinski definition) is 0. The number of methoxy groups -OCH3 is 1. The van der Waals surface area contributed by atoms with E-state index >= 15 is 0 Å². The molecule has 0 spiro atoms. The fourth-order valence-electron chi connectivity index (χ4n) is 5.50. The van der Waals surface area contributed by atoms with Crippen LogP contribution in [0.3, 0.4) is 0 Å². The lowest BCUT2D eigenvalue weighted by atomic mass is 9.63. The van der Waals surface area contributed by atoms with Gasteiger partial charge in [0.2, 0.25) is 0 Å². The monoisotopic (exact) mass is 431 g/mol. The predicted molar refractivity (Wildman–Crippen MR) is 118 cm³/mol. The summed E-state index contributed by atoms with van der Waals surface area (Å²) in [5, 5.41) is 5.42. The fraction of sp³-hybridized carbons (Fsp3) is 0.360. The molecule has 2 fully saturated rings. The van der Waals surface area contributed by atoms with Crippen LogP contribution in [0.25, 0.3) is 5.69 Å². The lowest BCUT2D eigenvalue weighted by Crippen LogP contribution is -2.38. The van der Waals surface area contributed by atoms with E-state index in [0.717, 1.165) is 40.5 Å². The maximum Gasteiger partial charge on any atom is 0.337 e. The van der Waals surface area contributed by atoms with Crippen molar-refractivity contribution in [1.82, 2.24) is 9.58 Å². The Morgan fingerprint density at radius 2 is 1.72 bits per heavy atom. The number of ether oxygens (including phenoxy) is 1. The first-order valence-corrected chi connectivity index (χ1v) is 10.9. The fourth-order valence-corrected chi connectivity index (χ4v) is 5.50. The first-order valence-electron chi connectivity index (χ1n) is 10.9. The van der Waals surface area contributed by atoms with E-state index in [0.29, 0.717) is 5.56 Å². The normalized spacial score (nSPS) is 26.3. The summed E-state index contributed by atoms with van der Waals surface area (Å²) in [5.41, 5.74) is 3.94. The summed E-state index contributed by atoms with van der Waals surface area (Å²) < 4.78 is 6.83. The van der Waals surface area contributed by atoms with Crippen molar-refractivity contribution in [2.24, 2.45) is 28.8 Å². The zero-order chi connectivity index (χ0) is 22.6. The molecular formula is C25H25N3O4. The molecule has 1 aromatic heterocycles. The van der Waals surface area contributed by atoms with Gasteiger partial charge in [0.25, 0.3) is 11.8 Å². The van der Waals surface area contributed by atoms with Crippen LogP contribution in [-0.2, 0) is 14.3 Å². The van der Waals surface area contributed by atoms with Crippen molar-refractivity contribution in [2.75, 3.05) is 7.11 Å². The summed E-state index contributed by atoms with van der Waals surface area (Å²) >= 11 is 0. The second-order valence-electron chi connectivity index (χ2n) is 8.78. The minimum Gasteiger partial charge on any atom is -0.465 e. The summed E-state index contributed by atoms with van der Waals surface area (Å²) in [4.78, 5) is 37.9. The van der Waals surface area contributed by atoms with E-state index in [1.54, 1.807) is 24.4 Å². The standard InChI is InChI=1S/C25H25N3O4/c1-14-11-19(15(2)27(14)20-6-4-5-18(12-20)25(31)32-3)13-26-28-23(29)21-16-7-8-17(10-9-16)22(21)24(28)30/h4-8,11-13,16-17,21-22H,9-10H2,1-3H3/b26-13-/t16-,17-,21-,22+/m0/s1. The van der Waals surface area contributed by atoms with Gasteiger partial charge in [-0.25, -0.2) is 4.79 Å². The summed E-state index contributed by atoms with van der Waals surface area (Å²) in [6.07, 6.45) is 7.72. The molecular weight excluding hydrogens is 406 g/mol. The summed E-state index contributed by atoms with van der Waals surface area (Å²) in [7, 11) is 1.36. The molecule has 164 valence electrons. The summed E-state index contributed by atoms with van der Waals surface area (Å²) in [6, 6.07) is 9.15. The maximum atomic E-state index is 13.0. The molecule has 1 aromatic carbocycles. The Balaban J connectivity index is 1.44. The van der Waals surface area contributed by atoms with Crippen molar-refractivity contribution in [3.8, 4) is 5.69 Å². The number of carbonyl (C=O) groups excluding carboxylic acids is 3. The number of aromatic nitrogens is 1. The van der Waals surface area contributed by atoms with Crippen molar-refractivity contribution in [2.45, 2.75) is 26.7 Å². The third-order valence-electron chi connectivity index (χ3n) is 7.04. The molecule has 4 aliphatic rings. The van der Waals surface area contributed by atoms with Crippen LogP contribution < -0.4 is 0 Å². The SMILES string of the molecule is COC(=O)c1cccc(-n2c(C)cc(/C=N\N3C(=O)[C@@H]4[C@H](C3=O)[C@H]3C=C[C@H]4CC3)c2C)c1. The highest BCUT2D eigenvalue weighted by molar-refractivity contribution is 6.06. The number of carbonyl (C=O) groups is 3. The van der Waals surface area contributed by atoms with Gasteiger partial charge >= 0.3 is 5.97 Å². The van der Waals surface area contributed by atoms with Gasteiger partial charge in [-0.1, -0.05) is 18.2 Å². The van der Waals surface area contributed by atoms with Crippen LogP contribution in [-0.4, -0.2) is 40.7 Å². The number of fused-ring (bicyclic) bond motifs is 1. The van der Waals surface area contributed by atoms with Gasteiger partial charge < -0.3 is 9.30 Å². The second kappa shape index (κ2) is 7.58. The summed E-state index contributed by atoms with van der Waals surface area (Å²) in [6.45, 7) is 3.90. The lowest BCUT2D eigenvalue weighted by molar-refractivity contribution is -0.140. The average molecular weight is 431 g/mol. The lowest BCUT2D eigenvalue weighted by Gasteiger charge is -2.37. The number of esters is 1. The quantitative estimate of drug-likeness (QED) is 0.322. The molecule has 2 aromatic rings. The molecule has 0 N–H and O–H groups in total. The van der Waals surface area contributed by atoms with Crippen molar-refractivity contribution in [3.05, 3.63) is 65.0 Å². The highest BCUT2D eigenvalue weighted by Crippen LogP contribution is 2.49. The van der Waals surface area contributed by atoms with E-state index in [-0.39, 0.29) is 35.5 Å². The number of allylic oxidation sites excluding steroid dienone is 2. The van der Waals surface area contributed by atoms with E-state index in [1.807, 2.05) is 30.5 Å². The third-order valence-corrected chi connectivity index (χ3v) is 7.04. The number of hydrogen-bond acceptors (Lipinski definition) is 5. The molecule has 2 bridgehead atoms. The van der Waals surface area contributed by atoms with E-state index in [2.05, 4.69) is 17.3 Å². The Kier molecular flexibility index (Phi) is 4.84. The van der Waals surface area contributed by atoms with Crippen LogP contribution in [0.15, 0.2) is 47.6 Å². The molecule has 0 radical (unpaired) electrons. The molecule has 7 nitrogen and oxygen atoms in total. The van der Waals surface area contributed by atoms with E-state index in [1.165, 1.54) is 7.11 Å². The van der Waals surface area contributed by atoms with Crippen molar-refractivity contribution in [3.63, 3.8) is 0 Å². The Morgan fingerprint density at radius 3 is 2.31 bits per heavy atom. The molecule has 32 heavy (non-hydrogen) atoms. The number of amides is 2. The topological polar surface area (TPSA) is 81.0 Å². The van der Waals surface area contributed by atoms with Crippen molar-refractivity contribution < 1.29 is 19.1 Å². The molecule has 7 heteroatoms. The Bertz CT molecular complexity index is 1160. The molecule has 1 saturated carbocycles. The van der Waals surface area contributed by atoms with Gasteiger partial charge in [-0.2, -0.15) is 10.1 Å². The number of rotatable bonds is 4. The zero-order valence-corrected chi connectivity index (χ0v) is 18.3. The summed E-state index contributed by atoms with van der Waals surface area (Å²) in [5.74, 6) is -1.01. The minimum atomic E-state index is -0.396. The highest BCUT2D eigenvalue weighted by atomic mass is 16.5. The molecule has 0 unspecified atom stereocenters. The van der Waals surface area contributed by atoms with Crippen LogP contribution in [0.4, 0.5) is 0 Å². The molecule has 2 amide bonds. The third kappa shape index (κ3) is 3.03. The average Bonchev–Trinajstić information content (AvgIpc) is 3.25.